The van der Waals surface area contributed by atoms with Crippen LogP contribution in [-0.4, -0.2) is 19.9 Å². The third kappa shape index (κ3) is 11.1. The van der Waals surface area contributed by atoms with Crippen LogP contribution in [0.3, 0.4) is 0 Å². The summed E-state index contributed by atoms with van der Waals surface area (Å²) in [6, 6.07) is 134. The van der Waals surface area contributed by atoms with Crippen LogP contribution in [0.1, 0.15) is 49.9 Å². The van der Waals surface area contributed by atoms with Gasteiger partial charge in [0.05, 0.1) is 45.8 Å². The van der Waals surface area contributed by atoms with Crippen molar-refractivity contribution in [2.24, 2.45) is 0 Å². The average Bonchev–Trinajstić information content (AvgIpc) is 1.61. The van der Waals surface area contributed by atoms with Crippen molar-refractivity contribution in [3.8, 4) is 112 Å². The molecule has 0 amide bonds. The van der Waals surface area contributed by atoms with Crippen molar-refractivity contribution < 1.29 is 17.7 Å². The largest absolute Gasteiger partial charge is 0.456 e. The van der Waals surface area contributed by atoms with Crippen molar-refractivity contribution in [1.29, 1.82) is 0 Å². The Hall–Kier alpha value is -16.7. The molecule has 28 rings (SSSR count). The zero-order chi connectivity index (χ0) is 85.9. The SMILES string of the molecule is CC1(C)c2ccccc2-c2ccc(-c3ccc4oc5c(-c6cccc(-c7cnc8c9ccccc9c9ccccc9c8n7)c6)c6c(cc5c4c3)oc3ccc(-c4ccc5c(c4)C(C)(C)c4ccccc4-5)cc36)cc21.c1ccc(-c2ccc3oc4c(-c5cccc(-c6cnc7c8ccccc8c8ccccc8c7n6)c5)c5c(cc4c3c2)oc2ccc(-c3ccccc3)cc25)cc1. The van der Waals surface area contributed by atoms with Crippen LogP contribution >= 0.6 is 0 Å². The summed E-state index contributed by atoms with van der Waals surface area (Å²) in [7, 11) is 0. The van der Waals surface area contributed by atoms with Gasteiger partial charge in [0.25, 0.3) is 0 Å². The van der Waals surface area contributed by atoms with E-state index in [1.165, 1.54) is 77.2 Å². The van der Waals surface area contributed by atoms with Gasteiger partial charge in [-0.05, 0) is 207 Å². The number of benzene rings is 20. The second kappa shape index (κ2) is 27.9. The van der Waals surface area contributed by atoms with E-state index >= 15 is 0 Å². The summed E-state index contributed by atoms with van der Waals surface area (Å²) in [5, 5.41) is 17.3. The van der Waals surface area contributed by atoms with Crippen molar-refractivity contribution in [3.63, 3.8) is 0 Å². The van der Waals surface area contributed by atoms with Crippen molar-refractivity contribution in [1.82, 2.24) is 19.9 Å². The highest BCUT2D eigenvalue weighted by atomic mass is 16.3. The van der Waals surface area contributed by atoms with Gasteiger partial charge < -0.3 is 17.7 Å². The lowest BCUT2D eigenvalue weighted by Crippen LogP contribution is -2.14. The summed E-state index contributed by atoms with van der Waals surface area (Å²) in [4.78, 5) is 21.0. The summed E-state index contributed by atoms with van der Waals surface area (Å²) >= 11 is 0. The molecule has 8 heteroatoms. The monoisotopic (exact) mass is 1660 g/mol. The molecule has 2 aliphatic carbocycles. The third-order valence-electron chi connectivity index (χ3n) is 28.2. The highest BCUT2D eigenvalue weighted by Crippen LogP contribution is 2.55. The van der Waals surface area contributed by atoms with Crippen LogP contribution in [0.2, 0.25) is 0 Å². The van der Waals surface area contributed by atoms with Crippen LogP contribution in [0.4, 0.5) is 0 Å². The van der Waals surface area contributed by atoms with Gasteiger partial charge in [-0.15, -0.1) is 0 Å². The molecule has 0 saturated carbocycles. The van der Waals surface area contributed by atoms with E-state index in [-0.39, 0.29) is 10.8 Å². The second-order valence-corrected chi connectivity index (χ2v) is 36.1. The summed E-state index contributed by atoms with van der Waals surface area (Å²) in [6.07, 6.45) is 3.83. The van der Waals surface area contributed by atoms with E-state index in [1.807, 2.05) is 24.5 Å². The molecule has 0 N–H and O–H groups in total. The summed E-state index contributed by atoms with van der Waals surface area (Å²) in [5.41, 5.74) is 37.4. The minimum atomic E-state index is -0.112. The molecule has 130 heavy (non-hydrogen) atoms. The Morgan fingerprint density at radius 2 is 0.500 bits per heavy atom. The maximum Gasteiger partial charge on any atom is 0.144 e. The van der Waals surface area contributed by atoms with Gasteiger partial charge in [0.2, 0.25) is 0 Å². The van der Waals surface area contributed by atoms with Gasteiger partial charge in [0, 0.05) is 97.7 Å². The maximum atomic E-state index is 7.15. The smallest absolute Gasteiger partial charge is 0.144 e. The van der Waals surface area contributed by atoms with Gasteiger partial charge in [-0.2, -0.15) is 0 Å². The number of fused-ring (bicyclic) bond motifs is 30. The zero-order valence-corrected chi connectivity index (χ0v) is 71.4. The Kier molecular flexibility index (Phi) is 15.8. The maximum absolute atomic E-state index is 7.15. The summed E-state index contributed by atoms with van der Waals surface area (Å²) < 4.78 is 27.7. The summed E-state index contributed by atoms with van der Waals surface area (Å²) in [5.74, 6) is 0. The Bertz CT molecular complexity index is 9310. The number of hydrogen-bond donors (Lipinski definition) is 0. The molecule has 20 aromatic carbocycles. The van der Waals surface area contributed by atoms with E-state index in [0.29, 0.717) is 0 Å². The van der Waals surface area contributed by atoms with Crippen molar-refractivity contribution >= 4 is 153 Å². The van der Waals surface area contributed by atoms with Gasteiger partial charge in [-0.25, -0.2) is 9.97 Å². The standard InChI is InChI=1S/C70H46N2O2.C52H30N2O2/c1-69(2)56-22-11-9-18-47(56)49-28-24-41(35-58(49)69)39-26-30-61-53(33-39)54-37-63-65(55-34-40(27-31-62(55)73-63)42-25-29-50-48-19-10-12-23-57(48)70(3,4)59(50)36-42)64(68(54)74-61)44-15-13-14-43(32-44)60-38-71-66-51-20-7-5-16-45(51)46-17-6-8-21-52(46)67(66)72-60;1-3-12-31(13-4-1)33-22-24-45-41(27-33)42-29-47-49(43-28-34(23-25-46(43)55-47)32-14-5-2-6-15-32)48(52(42)56-45)36-17-11-16-35(26-36)44-30-53-50-39-20-9-7-18-37(39)38-19-8-10-21-40(38)51(50)54-44/h5-38H,1-4H3;1-30H. The lowest BCUT2D eigenvalue weighted by Gasteiger charge is -2.22. The fourth-order valence-corrected chi connectivity index (χ4v) is 21.8. The molecule has 0 atom stereocenters. The fourth-order valence-electron chi connectivity index (χ4n) is 21.8. The molecular weight excluding hydrogens is 1590 g/mol. The number of nitrogens with zero attached hydrogens (tertiary/aromatic N) is 4. The van der Waals surface area contributed by atoms with E-state index in [2.05, 4.69) is 392 Å². The minimum Gasteiger partial charge on any atom is -0.456 e. The first-order valence-electron chi connectivity index (χ1n) is 44.6. The molecular formula is C122H76N4O4. The minimum absolute atomic E-state index is 0.103. The second-order valence-electron chi connectivity index (χ2n) is 36.1. The predicted molar refractivity (Wildman–Crippen MR) is 537 cm³/mol. The molecule has 8 nitrogen and oxygen atoms in total. The molecule has 6 aromatic heterocycles. The molecule has 6 heterocycles. The highest BCUT2D eigenvalue weighted by Gasteiger charge is 2.38. The first-order valence-corrected chi connectivity index (χ1v) is 44.6. The lowest BCUT2D eigenvalue weighted by molar-refractivity contribution is 0.660. The van der Waals surface area contributed by atoms with Gasteiger partial charge in [-0.3, -0.25) is 9.97 Å². The van der Waals surface area contributed by atoms with Crippen LogP contribution in [0.25, 0.3) is 264 Å². The molecule has 2 aliphatic rings. The van der Waals surface area contributed by atoms with Crippen LogP contribution in [0.15, 0.2) is 406 Å². The average molecular weight is 1660 g/mol. The van der Waals surface area contributed by atoms with Gasteiger partial charge in [0.15, 0.2) is 0 Å². The quantitative estimate of drug-likeness (QED) is 0.139. The first kappa shape index (κ1) is 73.7. The highest BCUT2D eigenvalue weighted by molar-refractivity contribution is 6.28. The van der Waals surface area contributed by atoms with Gasteiger partial charge >= 0.3 is 0 Å². The van der Waals surface area contributed by atoms with Crippen LogP contribution in [0, 0.1) is 0 Å². The number of aromatic nitrogens is 4. The topological polar surface area (TPSA) is 104 Å². The number of rotatable bonds is 8. The molecule has 0 bridgehead atoms. The Balaban J connectivity index is 0.000000139. The molecule has 0 radical (unpaired) electrons. The number of furan rings is 4. The van der Waals surface area contributed by atoms with Crippen LogP contribution in [0.5, 0.6) is 0 Å². The molecule has 0 fully saturated rings. The molecule has 26 aromatic rings. The van der Waals surface area contributed by atoms with E-state index in [1.54, 1.807) is 0 Å². The molecule has 0 spiro atoms. The Morgan fingerprint density at radius 1 is 0.192 bits per heavy atom. The van der Waals surface area contributed by atoms with Crippen molar-refractivity contribution in [2.75, 3.05) is 0 Å². The fraction of sp³-hybridized carbons (Fsp3) is 0.0492. The molecule has 608 valence electrons. The van der Waals surface area contributed by atoms with Crippen molar-refractivity contribution in [3.05, 3.63) is 411 Å². The van der Waals surface area contributed by atoms with E-state index in [0.717, 1.165) is 210 Å². The Labute approximate surface area is 746 Å². The van der Waals surface area contributed by atoms with Crippen molar-refractivity contribution in [2.45, 2.75) is 38.5 Å². The van der Waals surface area contributed by atoms with Crippen LogP contribution < -0.4 is 0 Å². The summed E-state index contributed by atoms with van der Waals surface area (Å²) in [6.45, 7) is 9.37. The van der Waals surface area contributed by atoms with Gasteiger partial charge in [0.1, 0.15) is 44.7 Å². The Morgan fingerprint density at radius 3 is 0.908 bits per heavy atom. The lowest BCUT2D eigenvalue weighted by atomic mass is 9.81. The first-order chi connectivity index (χ1) is 63.9. The van der Waals surface area contributed by atoms with E-state index < -0.39 is 0 Å². The zero-order valence-electron chi connectivity index (χ0n) is 71.4. The number of hydrogen-bond acceptors (Lipinski definition) is 8. The van der Waals surface area contributed by atoms with Crippen LogP contribution in [-0.2, 0) is 10.8 Å². The normalized spacial score (nSPS) is 13.2. The van der Waals surface area contributed by atoms with E-state index in [4.69, 9.17) is 37.6 Å². The molecule has 0 unspecified atom stereocenters. The van der Waals surface area contributed by atoms with Gasteiger partial charge in [-0.1, -0.05) is 319 Å². The van der Waals surface area contributed by atoms with E-state index in [9.17, 15) is 0 Å². The molecule has 0 saturated heterocycles. The predicted octanol–water partition coefficient (Wildman–Crippen LogP) is 33.4. The third-order valence-corrected chi connectivity index (χ3v) is 28.2. The molecule has 0 aliphatic heterocycles.